The Morgan fingerprint density at radius 1 is 1.53 bits per heavy atom. The quantitative estimate of drug-likeness (QED) is 0.794. The van der Waals surface area contributed by atoms with Gasteiger partial charge in [0.05, 0.1) is 0 Å². The minimum atomic E-state index is -0.864. The van der Waals surface area contributed by atoms with Crippen LogP contribution in [0.1, 0.15) is 25.3 Å². The van der Waals surface area contributed by atoms with Crippen LogP contribution < -0.4 is 0 Å². The van der Waals surface area contributed by atoms with Crippen LogP contribution in [0, 0.1) is 0 Å². The molecule has 0 amide bonds. The van der Waals surface area contributed by atoms with Crippen LogP contribution in [0.3, 0.4) is 0 Å². The standard InChI is InChI=1S/C12H13ClO2/c1-2-4-10(12(14)15)7-9-5-3-6-11(13)8-9/h3,5-8H,2,4H2,1H3,(H,14,15)/b10-7+. The monoisotopic (exact) mass is 224 g/mol. The van der Waals surface area contributed by atoms with Crippen molar-refractivity contribution in [1.29, 1.82) is 0 Å². The summed E-state index contributed by atoms with van der Waals surface area (Å²) in [6.45, 7) is 1.95. The summed E-state index contributed by atoms with van der Waals surface area (Å²) in [5, 5.41) is 9.55. The lowest BCUT2D eigenvalue weighted by Crippen LogP contribution is -1.99. The zero-order valence-corrected chi connectivity index (χ0v) is 9.29. The number of benzene rings is 1. The molecule has 1 aromatic rings. The first-order valence-corrected chi connectivity index (χ1v) is 5.20. The Morgan fingerprint density at radius 3 is 2.80 bits per heavy atom. The summed E-state index contributed by atoms with van der Waals surface area (Å²) in [7, 11) is 0. The highest BCUT2D eigenvalue weighted by Crippen LogP contribution is 2.16. The van der Waals surface area contributed by atoms with Crippen molar-refractivity contribution >= 4 is 23.6 Å². The average Bonchev–Trinajstić information content (AvgIpc) is 2.17. The predicted molar refractivity (Wildman–Crippen MR) is 62.0 cm³/mol. The summed E-state index contributed by atoms with van der Waals surface area (Å²) in [6, 6.07) is 7.16. The maximum absolute atomic E-state index is 10.9. The topological polar surface area (TPSA) is 37.3 Å². The molecule has 0 spiro atoms. The normalized spacial score (nSPS) is 11.5. The molecule has 0 saturated heterocycles. The maximum atomic E-state index is 10.9. The van der Waals surface area contributed by atoms with Crippen LogP contribution >= 0.6 is 11.6 Å². The van der Waals surface area contributed by atoms with Gasteiger partial charge in [0, 0.05) is 10.6 Å². The van der Waals surface area contributed by atoms with Gasteiger partial charge in [-0.1, -0.05) is 37.1 Å². The molecule has 1 N–H and O–H groups in total. The number of hydrogen-bond acceptors (Lipinski definition) is 1. The van der Waals surface area contributed by atoms with Gasteiger partial charge in [-0.2, -0.15) is 0 Å². The van der Waals surface area contributed by atoms with Gasteiger partial charge in [0.2, 0.25) is 0 Å². The van der Waals surface area contributed by atoms with E-state index in [0.29, 0.717) is 17.0 Å². The minimum Gasteiger partial charge on any atom is -0.478 e. The van der Waals surface area contributed by atoms with Crippen molar-refractivity contribution in [2.75, 3.05) is 0 Å². The van der Waals surface area contributed by atoms with E-state index in [1.165, 1.54) is 0 Å². The number of carboxylic acid groups (broad SMARTS) is 1. The second-order valence-electron chi connectivity index (χ2n) is 3.28. The fraction of sp³-hybridized carbons (Fsp3) is 0.250. The van der Waals surface area contributed by atoms with E-state index in [2.05, 4.69) is 0 Å². The third-order valence-corrected chi connectivity index (χ3v) is 2.22. The number of carbonyl (C=O) groups is 1. The van der Waals surface area contributed by atoms with Crippen LogP contribution in [0.5, 0.6) is 0 Å². The number of halogens is 1. The summed E-state index contributed by atoms with van der Waals surface area (Å²) in [5.74, 6) is -0.864. The van der Waals surface area contributed by atoms with Gasteiger partial charge in [0.15, 0.2) is 0 Å². The highest BCUT2D eigenvalue weighted by Gasteiger charge is 2.05. The Bertz CT molecular complexity index is 383. The molecule has 0 radical (unpaired) electrons. The van der Waals surface area contributed by atoms with E-state index >= 15 is 0 Å². The molecule has 0 unspecified atom stereocenters. The van der Waals surface area contributed by atoms with Crippen molar-refractivity contribution in [2.45, 2.75) is 19.8 Å². The minimum absolute atomic E-state index is 0.416. The molecule has 0 bridgehead atoms. The summed E-state index contributed by atoms with van der Waals surface area (Å²) in [5.41, 5.74) is 1.24. The molecule has 0 saturated carbocycles. The fourth-order valence-corrected chi connectivity index (χ4v) is 1.51. The molecule has 1 rings (SSSR count). The maximum Gasteiger partial charge on any atom is 0.331 e. The van der Waals surface area contributed by atoms with Crippen LogP contribution in [-0.4, -0.2) is 11.1 Å². The molecule has 15 heavy (non-hydrogen) atoms. The predicted octanol–water partition coefficient (Wildman–Crippen LogP) is 3.61. The second-order valence-corrected chi connectivity index (χ2v) is 3.72. The van der Waals surface area contributed by atoms with Crippen molar-refractivity contribution in [3.05, 3.63) is 40.4 Å². The lowest BCUT2D eigenvalue weighted by molar-refractivity contribution is -0.132. The molecule has 80 valence electrons. The molecule has 0 atom stereocenters. The molecule has 0 aliphatic heterocycles. The van der Waals surface area contributed by atoms with Gasteiger partial charge >= 0.3 is 5.97 Å². The van der Waals surface area contributed by atoms with Crippen LogP contribution in [0.25, 0.3) is 6.08 Å². The molecule has 1 aromatic carbocycles. The summed E-state index contributed by atoms with van der Waals surface area (Å²) < 4.78 is 0. The number of carboxylic acids is 1. The first kappa shape index (κ1) is 11.8. The Hall–Kier alpha value is -1.28. The van der Waals surface area contributed by atoms with Gasteiger partial charge in [-0.05, 0) is 30.2 Å². The second kappa shape index (κ2) is 5.56. The first-order valence-electron chi connectivity index (χ1n) is 4.83. The van der Waals surface area contributed by atoms with Crippen LogP contribution in [0.4, 0.5) is 0 Å². The molecule has 3 heteroatoms. The highest BCUT2D eigenvalue weighted by atomic mass is 35.5. The zero-order chi connectivity index (χ0) is 11.3. The molecule has 0 aliphatic carbocycles. The lowest BCUT2D eigenvalue weighted by Gasteiger charge is -2.00. The summed E-state index contributed by atoms with van der Waals surface area (Å²) in [6.07, 6.45) is 3.05. The SMILES string of the molecule is CCC/C(=C\c1cccc(Cl)c1)C(=O)O. The number of hydrogen-bond donors (Lipinski definition) is 1. The van der Waals surface area contributed by atoms with E-state index in [1.807, 2.05) is 13.0 Å². The molecular weight excluding hydrogens is 212 g/mol. The van der Waals surface area contributed by atoms with E-state index in [9.17, 15) is 4.79 Å². The van der Waals surface area contributed by atoms with Crippen molar-refractivity contribution in [3.8, 4) is 0 Å². The molecule has 0 aliphatic rings. The van der Waals surface area contributed by atoms with Crippen molar-refractivity contribution in [2.24, 2.45) is 0 Å². The first-order chi connectivity index (χ1) is 7.13. The van der Waals surface area contributed by atoms with E-state index in [0.717, 1.165) is 12.0 Å². The summed E-state index contributed by atoms with van der Waals surface area (Å²) >= 11 is 5.81. The Kier molecular flexibility index (Phi) is 4.37. The van der Waals surface area contributed by atoms with E-state index in [-0.39, 0.29) is 0 Å². The van der Waals surface area contributed by atoms with Gasteiger partial charge in [0.25, 0.3) is 0 Å². The third-order valence-electron chi connectivity index (χ3n) is 1.98. The van der Waals surface area contributed by atoms with E-state index in [1.54, 1.807) is 24.3 Å². The number of rotatable bonds is 4. The van der Waals surface area contributed by atoms with Crippen LogP contribution in [0.2, 0.25) is 5.02 Å². The zero-order valence-electron chi connectivity index (χ0n) is 8.53. The molecular formula is C12H13ClO2. The Morgan fingerprint density at radius 2 is 2.27 bits per heavy atom. The molecule has 0 aromatic heterocycles. The van der Waals surface area contributed by atoms with Crippen molar-refractivity contribution in [3.63, 3.8) is 0 Å². The summed E-state index contributed by atoms with van der Waals surface area (Å²) in [4.78, 5) is 10.9. The van der Waals surface area contributed by atoms with Gasteiger partial charge in [0.1, 0.15) is 0 Å². The largest absolute Gasteiger partial charge is 0.478 e. The van der Waals surface area contributed by atoms with Crippen LogP contribution in [-0.2, 0) is 4.79 Å². The van der Waals surface area contributed by atoms with Gasteiger partial charge in [-0.25, -0.2) is 4.79 Å². The molecule has 0 fully saturated rings. The number of aliphatic carboxylic acids is 1. The van der Waals surface area contributed by atoms with Gasteiger partial charge in [-0.3, -0.25) is 0 Å². The van der Waals surface area contributed by atoms with Crippen LogP contribution in [0.15, 0.2) is 29.8 Å². The third kappa shape index (κ3) is 3.76. The molecule has 0 heterocycles. The van der Waals surface area contributed by atoms with Gasteiger partial charge in [-0.15, -0.1) is 0 Å². The van der Waals surface area contributed by atoms with Crippen molar-refractivity contribution < 1.29 is 9.90 Å². The van der Waals surface area contributed by atoms with Crippen molar-refractivity contribution in [1.82, 2.24) is 0 Å². The lowest BCUT2D eigenvalue weighted by atomic mass is 10.1. The average molecular weight is 225 g/mol. The fourth-order valence-electron chi connectivity index (χ4n) is 1.31. The van der Waals surface area contributed by atoms with E-state index in [4.69, 9.17) is 16.7 Å². The smallest absolute Gasteiger partial charge is 0.331 e. The highest BCUT2D eigenvalue weighted by molar-refractivity contribution is 6.30. The molecule has 2 nitrogen and oxygen atoms in total. The Balaban J connectivity index is 2.96. The Labute approximate surface area is 94.2 Å². The van der Waals surface area contributed by atoms with Gasteiger partial charge < -0.3 is 5.11 Å². The van der Waals surface area contributed by atoms with E-state index < -0.39 is 5.97 Å².